The van der Waals surface area contributed by atoms with Crippen LogP contribution in [-0.2, 0) is 12.8 Å². The van der Waals surface area contributed by atoms with Crippen molar-refractivity contribution in [3.8, 4) is 0 Å². The van der Waals surface area contributed by atoms with Gasteiger partial charge in [0.15, 0.2) is 0 Å². The number of carbonyl (C=O) groups excluding carboxylic acids is 2. The van der Waals surface area contributed by atoms with Crippen molar-refractivity contribution in [3.63, 3.8) is 0 Å². The van der Waals surface area contributed by atoms with E-state index in [-0.39, 0.29) is 35.6 Å². The van der Waals surface area contributed by atoms with Gasteiger partial charge >= 0.3 is 11.9 Å². The Morgan fingerprint density at radius 3 is 1.44 bits per heavy atom. The second-order valence-electron chi connectivity index (χ2n) is 12.0. The molecular weight excluding hydrogens is 601 g/mol. The van der Waals surface area contributed by atoms with Crippen LogP contribution in [0.25, 0.3) is 43.1 Å². The van der Waals surface area contributed by atoms with Gasteiger partial charge in [-0.25, -0.2) is 9.59 Å². The first-order chi connectivity index (χ1) is 23.3. The molecule has 0 bridgehead atoms. The maximum atomic E-state index is 13.7. The lowest BCUT2D eigenvalue weighted by molar-refractivity contribution is 0.0688. The van der Waals surface area contributed by atoms with Crippen LogP contribution in [-0.4, -0.2) is 47.6 Å². The second kappa shape index (κ2) is 12.6. The fourth-order valence-corrected chi connectivity index (χ4v) is 6.96. The number of carboxylic acids is 2. The summed E-state index contributed by atoms with van der Waals surface area (Å²) in [5.41, 5.74) is 2.67. The number of carboxylic acid groups (broad SMARTS) is 2. The van der Waals surface area contributed by atoms with E-state index in [1.54, 1.807) is 30.3 Å². The van der Waals surface area contributed by atoms with E-state index in [1.807, 2.05) is 66.7 Å². The van der Waals surface area contributed by atoms with Crippen LogP contribution in [0.2, 0.25) is 6.32 Å². The Kier molecular flexibility index (Phi) is 8.07. The number of fused-ring (bicyclic) bond motifs is 2. The smallest absolute Gasteiger partial charge is 0.336 e. The Morgan fingerprint density at radius 2 is 0.938 bits per heavy atom. The first-order valence-corrected chi connectivity index (χ1v) is 15.9. The predicted molar refractivity (Wildman–Crippen MR) is 190 cm³/mol. The molecule has 0 aliphatic rings. The second-order valence-corrected chi connectivity index (χ2v) is 12.0. The number of aromatic carboxylic acids is 2. The zero-order valence-electron chi connectivity index (χ0n) is 26.0. The monoisotopic (exact) mass is 631 g/mol. The molecule has 0 radical (unpaired) electrons. The summed E-state index contributed by atoms with van der Waals surface area (Å²) in [6.07, 6.45) is 1.96. The molecule has 7 aromatic carbocycles. The number of amides is 1. The average Bonchev–Trinajstić information content (AvgIpc) is 3.10. The third kappa shape index (κ3) is 5.41. The summed E-state index contributed by atoms with van der Waals surface area (Å²) < 4.78 is 0. The molecule has 0 saturated carbocycles. The fourth-order valence-electron chi connectivity index (χ4n) is 6.96. The lowest BCUT2D eigenvalue weighted by Gasteiger charge is -2.19. The molecule has 0 aliphatic carbocycles. The highest BCUT2D eigenvalue weighted by molar-refractivity contribution is 6.78. The summed E-state index contributed by atoms with van der Waals surface area (Å²) in [4.78, 5) is 52.4. The van der Waals surface area contributed by atoms with Crippen molar-refractivity contribution in [2.45, 2.75) is 19.2 Å². The van der Waals surface area contributed by atoms with Crippen LogP contribution in [0, 0.1) is 0 Å². The van der Waals surface area contributed by atoms with Crippen molar-refractivity contribution < 1.29 is 29.4 Å². The van der Waals surface area contributed by atoms with Gasteiger partial charge in [-0.15, -0.1) is 0 Å². The maximum absolute atomic E-state index is 13.7. The van der Waals surface area contributed by atoms with Crippen LogP contribution < -0.4 is 5.32 Å². The molecule has 0 spiro atoms. The zero-order valence-corrected chi connectivity index (χ0v) is 26.0. The topological polar surface area (TPSA) is 121 Å². The van der Waals surface area contributed by atoms with Gasteiger partial charge in [-0.3, -0.25) is 4.79 Å². The van der Waals surface area contributed by atoms with Crippen molar-refractivity contribution in [2.75, 3.05) is 6.54 Å². The zero-order chi connectivity index (χ0) is 33.4. The van der Waals surface area contributed by atoms with Gasteiger partial charge in [0.05, 0.1) is 11.1 Å². The lowest BCUT2D eigenvalue weighted by atomic mass is 9.65. The van der Waals surface area contributed by atoms with Gasteiger partial charge in [0.2, 0.25) is 7.28 Å². The Hall–Kier alpha value is -6.02. The molecule has 7 nitrogen and oxygen atoms in total. The van der Waals surface area contributed by atoms with E-state index in [9.17, 15) is 29.4 Å². The number of aryl methyl sites for hydroxylation is 1. The Labute approximate surface area is 276 Å². The van der Waals surface area contributed by atoms with E-state index >= 15 is 0 Å². The summed E-state index contributed by atoms with van der Waals surface area (Å²) in [5, 5.41) is 28.1. The van der Waals surface area contributed by atoms with Crippen molar-refractivity contribution in [2.24, 2.45) is 0 Å². The summed E-state index contributed by atoms with van der Waals surface area (Å²) in [6.45, 7) is 0.371. The maximum Gasteiger partial charge on any atom is 0.336 e. The van der Waals surface area contributed by atoms with Crippen molar-refractivity contribution in [3.05, 3.63) is 143 Å². The molecular formula is C40H30BNO6. The number of nitrogens with one attached hydrogen (secondary N) is 1. The fraction of sp³-hybridized carbons (Fsp3) is 0.100. The van der Waals surface area contributed by atoms with Gasteiger partial charge in [-0.1, -0.05) is 97.3 Å². The van der Waals surface area contributed by atoms with E-state index in [2.05, 4.69) is 5.32 Å². The van der Waals surface area contributed by atoms with Crippen LogP contribution in [0.3, 0.4) is 0 Å². The first-order valence-electron chi connectivity index (χ1n) is 15.9. The van der Waals surface area contributed by atoms with Gasteiger partial charge < -0.3 is 20.3 Å². The summed E-state index contributed by atoms with van der Waals surface area (Å²) in [6, 6.07) is 33.0. The minimum Gasteiger partial charge on any atom is -0.478 e. The molecule has 1 amide bonds. The summed E-state index contributed by atoms with van der Waals surface area (Å²) in [7, 11) is 0.253. The largest absolute Gasteiger partial charge is 0.478 e. The summed E-state index contributed by atoms with van der Waals surface area (Å²) in [5.74, 6) is -2.69. The third-order valence-electron chi connectivity index (χ3n) is 9.16. The van der Waals surface area contributed by atoms with E-state index in [1.165, 1.54) is 12.1 Å². The Balaban J connectivity index is 1.37. The standard InChI is InChI=1S/C40H30BNO6/c43-37(41-21-19-23-7-3-1-4-8-23)29-15-11-25-26-12-16-30(38(44)42-22-20-24-9-5-2-6-10-24)36-32(40(47)48)18-14-28(34(26)36)27-13-17-31(39(45)46)35(29)33(25)27/h1-18,41H,19-22H2,(H,42,44)(H,45,46)(H,47,48). The highest BCUT2D eigenvalue weighted by atomic mass is 16.4. The normalized spacial score (nSPS) is 11.3. The third-order valence-corrected chi connectivity index (χ3v) is 9.16. The van der Waals surface area contributed by atoms with Crippen molar-refractivity contribution in [1.29, 1.82) is 0 Å². The molecule has 0 unspecified atom stereocenters. The van der Waals surface area contributed by atoms with E-state index in [4.69, 9.17) is 0 Å². The summed E-state index contributed by atoms with van der Waals surface area (Å²) >= 11 is 0. The van der Waals surface area contributed by atoms with Crippen LogP contribution in [0.1, 0.15) is 52.6 Å². The van der Waals surface area contributed by atoms with Crippen LogP contribution in [0.5, 0.6) is 0 Å². The molecule has 0 aromatic heterocycles. The highest BCUT2D eigenvalue weighted by Crippen LogP contribution is 2.44. The average molecular weight is 631 g/mol. The van der Waals surface area contributed by atoms with E-state index in [0.29, 0.717) is 67.9 Å². The SMILES string of the molecule is O=C(O)c1ccc2c3ccc(C(=O)O)c4c(C(=O)NCCc5ccccc5)ccc(c5ccc(C(=O)BCCc6ccccc6)c1c25)c43. The minimum absolute atomic E-state index is 0.00382. The molecule has 0 atom stereocenters. The van der Waals surface area contributed by atoms with Crippen molar-refractivity contribution in [1.82, 2.24) is 5.32 Å². The molecule has 3 N–H and O–H groups in total. The minimum atomic E-state index is -1.16. The predicted octanol–water partition coefficient (Wildman–Crippen LogP) is 7.34. The molecule has 48 heavy (non-hydrogen) atoms. The molecule has 7 aromatic rings. The van der Waals surface area contributed by atoms with Gasteiger partial charge in [-0.05, 0) is 74.5 Å². The first kappa shape index (κ1) is 30.6. The molecule has 0 aliphatic heterocycles. The Morgan fingerprint density at radius 1 is 0.500 bits per heavy atom. The van der Waals surface area contributed by atoms with Crippen LogP contribution >= 0.6 is 0 Å². The van der Waals surface area contributed by atoms with E-state index in [0.717, 1.165) is 17.5 Å². The van der Waals surface area contributed by atoms with Gasteiger partial charge in [0.25, 0.3) is 5.91 Å². The lowest BCUT2D eigenvalue weighted by Crippen LogP contribution is -2.26. The molecule has 234 valence electrons. The molecule has 8 heteroatoms. The van der Waals surface area contributed by atoms with Gasteiger partial charge in [-0.2, -0.15) is 0 Å². The Bertz CT molecular complexity index is 2200. The molecule has 7 rings (SSSR count). The number of benzene rings is 7. The number of carbonyl (C=O) groups is 4. The van der Waals surface area contributed by atoms with Crippen LogP contribution in [0.4, 0.5) is 0 Å². The van der Waals surface area contributed by atoms with E-state index < -0.39 is 11.9 Å². The van der Waals surface area contributed by atoms with Gasteiger partial charge in [0, 0.05) is 28.4 Å². The van der Waals surface area contributed by atoms with Crippen molar-refractivity contribution >= 4 is 73.9 Å². The highest BCUT2D eigenvalue weighted by Gasteiger charge is 2.25. The molecule has 0 heterocycles. The number of hydrogen-bond acceptors (Lipinski definition) is 4. The number of rotatable bonds is 11. The molecule has 0 fully saturated rings. The quantitative estimate of drug-likeness (QED) is 0.0781. The number of hydrogen-bond donors (Lipinski definition) is 3. The van der Waals surface area contributed by atoms with Crippen LogP contribution in [0.15, 0.2) is 109 Å². The molecule has 0 saturated heterocycles. The van der Waals surface area contributed by atoms with Gasteiger partial charge in [0.1, 0.15) is 5.68 Å².